The summed E-state index contributed by atoms with van der Waals surface area (Å²) in [5, 5.41) is 11.5. The molecule has 5 heteroatoms. The van der Waals surface area contributed by atoms with Crippen LogP contribution in [0.15, 0.2) is 18.2 Å². The first-order valence-corrected chi connectivity index (χ1v) is 5.99. The van der Waals surface area contributed by atoms with Gasteiger partial charge < -0.3 is 16.2 Å². The molecule has 100 valence electrons. The molecule has 0 fully saturated rings. The monoisotopic (exact) mass is 251 g/mol. The molecule has 0 aliphatic heterocycles. The van der Waals surface area contributed by atoms with E-state index in [0.717, 1.165) is 5.56 Å². The van der Waals surface area contributed by atoms with Crippen LogP contribution in [0.3, 0.4) is 0 Å². The van der Waals surface area contributed by atoms with Crippen molar-refractivity contribution < 1.29 is 9.90 Å². The van der Waals surface area contributed by atoms with Crippen LogP contribution in [0.4, 0.5) is 11.4 Å². The minimum Gasteiger partial charge on any atom is -0.397 e. The van der Waals surface area contributed by atoms with E-state index in [0.29, 0.717) is 24.3 Å². The predicted octanol–water partition coefficient (Wildman–Crippen LogP) is 0.830. The van der Waals surface area contributed by atoms with Crippen LogP contribution < -0.4 is 11.1 Å². The number of aryl methyl sites for hydroxylation is 1. The molecule has 0 saturated carbocycles. The summed E-state index contributed by atoms with van der Waals surface area (Å²) in [7, 11) is 1.84. The lowest BCUT2D eigenvalue weighted by atomic mass is 10.1. The summed E-state index contributed by atoms with van der Waals surface area (Å²) in [6, 6.07) is 5.52. The Morgan fingerprint density at radius 1 is 1.50 bits per heavy atom. The number of likely N-dealkylation sites (N-methyl/N-ethyl adjacent to an activating group) is 1. The molecule has 0 heterocycles. The number of carbonyl (C=O) groups is 1. The van der Waals surface area contributed by atoms with Crippen molar-refractivity contribution in [2.24, 2.45) is 0 Å². The van der Waals surface area contributed by atoms with Gasteiger partial charge in [0.25, 0.3) is 0 Å². The van der Waals surface area contributed by atoms with E-state index in [-0.39, 0.29) is 19.1 Å². The van der Waals surface area contributed by atoms with Crippen molar-refractivity contribution in [2.45, 2.75) is 13.3 Å². The molecule has 1 aromatic carbocycles. The van der Waals surface area contributed by atoms with Gasteiger partial charge in [-0.25, -0.2) is 0 Å². The van der Waals surface area contributed by atoms with E-state index in [1.165, 1.54) is 0 Å². The van der Waals surface area contributed by atoms with Crippen molar-refractivity contribution in [3.8, 4) is 0 Å². The van der Waals surface area contributed by atoms with Gasteiger partial charge in [-0.2, -0.15) is 0 Å². The Bertz CT molecular complexity index is 387. The number of nitrogens with zero attached hydrogens (tertiary/aromatic N) is 1. The van der Waals surface area contributed by atoms with Crippen LogP contribution in [0.25, 0.3) is 0 Å². The summed E-state index contributed by atoms with van der Waals surface area (Å²) in [4.78, 5) is 13.7. The molecule has 0 atom stereocenters. The van der Waals surface area contributed by atoms with E-state index in [1.54, 1.807) is 6.07 Å². The fourth-order valence-corrected chi connectivity index (χ4v) is 1.70. The van der Waals surface area contributed by atoms with E-state index >= 15 is 0 Å². The molecule has 0 spiro atoms. The molecule has 1 aromatic rings. The number of hydrogen-bond donors (Lipinski definition) is 3. The first kappa shape index (κ1) is 14.5. The quantitative estimate of drug-likeness (QED) is 0.654. The van der Waals surface area contributed by atoms with Crippen LogP contribution in [0.1, 0.15) is 12.0 Å². The number of benzene rings is 1. The Kier molecular flexibility index (Phi) is 5.61. The number of hydrogen-bond acceptors (Lipinski definition) is 4. The smallest absolute Gasteiger partial charge is 0.238 e. The highest BCUT2D eigenvalue weighted by Gasteiger charge is 2.09. The molecule has 0 aliphatic carbocycles. The number of rotatable bonds is 6. The Morgan fingerprint density at radius 3 is 2.83 bits per heavy atom. The van der Waals surface area contributed by atoms with Gasteiger partial charge in [0, 0.05) is 13.2 Å². The van der Waals surface area contributed by atoms with Crippen LogP contribution in [0.2, 0.25) is 0 Å². The highest BCUT2D eigenvalue weighted by Crippen LogP contribution is 2.22. The van der Waals surface area contributed by atoms with E-state index in [1.807, 2.05) is 31.0 Å². The standard InChI is InChI=1S/C13H21N3O2/c1-10-5-3-6-11(14)13(10)15-12(18)9-16(2)7-4-8-17/h3,5-6,17H,4,7-9,14H2,1-2H3,(H,15,18). The second-order valence-corrected chi connectivity index (χ2v) is 4.40. The average molecular weight is 251 g/mol. The lowest BCUT2D eigenvalue weighted by Gasteiger charge is -2.17. The fourth-order valence-electron chi connectivity index (χ4n) is 1.70. The zero-order valence-electron chi connectivity index (χ0n) is 10.9. The first-order chi connectivity index (χ1) is 8.54. The largest absolute Gasteiger partial charge is 0.397 e. The minimum atomic E-state index is -0.101. The third-order valence-electron chi connectivity index (χ3n) is 2.68. The van der Waals surface area contributed by atoms with Crippen molar-refractivity contribution in [1.29, 1.82) is 0 Å². The minimum absolute atomic E-state index is 0.101. The van der Waals surface area contributed by atoms with Crippen LogP contribution >= 0.6 is 0 Å². The lowest BCUT2D eigenvalue weighted by Crippen LogP contribution is -2.31. The maximum Gasteiger partial charge on any atom is 0.238 e. The second-order valence-electron chi connectivity index (χ2n) is 4.40. The second kappa shape index (κ2) is 6.98. The van der Waals surface area contributed by atoms with E-state index in [4.69, 9.17) is 10.8 Å². The molecule has 1 rings (SSSR count). The fraction of sp³-hybridized carbons (Fsp3) is 0.462. The highest BCUT2D eigenvalue weighted by atomic mass is 16.3. The first-order valence-electron chi connectivity index (χ1n) is 5.99. The SMILES string of the molecule is Cc1cccc(N)c1NC(=O)CN(C)CCCO. The van der Waals surface area contributed by atoms with Crippen molar-refractivity contribution in [2.75, 3.05) is 37.8 Å². The Hall–Kier alpha value is -1.59. The van der Waals surface area contributed by atoms with Gasteiger partial charge in [0.15, 0.2) is 0 Å². The van der Waals surface area contributed by atoms with Crippen molar-refractivity contribution in [3.63, 3.8) is 0 Å². The van der Waals surface area contributed by atoms with E-state index in [9.17, 15) is 4.79 Å². The zero-order valence-corrected chi connectivity index (χ0v) is 10.9. The summed E-state index contributed by atoms with van der Waals surface area (Å²) >= 11 is 0. The molecule has 0 saturated heterocycles. The molecule has 0 unspecified atom stereocenters. The van der Waals surface area contributed by atoms with Gasteiger partial charge in [-0.1, -0.05) is 12.1 Å². The van der Waals surface area contributed by atoms with Crippen LogP contribution in [-0.2, 0) is 4.79 Å². The average Bonchev–Trinajstić information content (AvgIpc) is 2.31. The van der Waals surface area contributed by atoms with E-state index < -0.39 is 0 Å². The number of carbonyl (C=O) groups excluding carboxylic acids is 1. The highest BCUT2D eigenvalue weighted by molar-refractivity contribution is 5.96. The summed E-state index contributed by atoms with van der Waals surface area (Å²) < 4.78 is 0. The molecule has 4 N–H and O–H groups in total. The third-order valence-corrected chi connectivity index (χ3v) is 2.68. The Balaban J connectivity index is 2.54. The summed E-state index contributed by atoms with van der Waals surface area (Å²) in [5.74, 6) is -0.101. The van der Waals surface area contributed by atoms with E-state index in [2.05, 4.69) is 5.32 Å². The third kappa shape index (κ3) is 4.35. The van der Waals surface area contributed by atoms with Gasteiger partial charge in [0.1, 0.15) is 0 Å². The van der Waals surface area contributed by atoms with Crippen LogP contribution in [0, 0.1) is 6.92 Å². The number of amides is 1. The molecule has 5 nitrogen and oxygen atoms in total. The normalized spacial score (nSPS) is 10.7. The predicted molar refractivity (Wildman–Crippen MR) is 73.4 cm³/mol. The maximum absolute atomic E-state index is 11.8. The number of aliphatic hydroxyl groups is 1. The molecule has 18 heavy (non-hydrogen) atoms. The molecule has 0 radical (unpaired) electrons. The van der Waals surface area contributed by atoms with Crippen molar-refractivity contribution in [1.82, 2.24) is 4.90 Å². The van der Waals surface area contributed by atoms with Crippen LogP contribution in [-0.4, -0.2) is 42.7 Å². The van der Waals surface area contributed by atoms with Gasteiger partial charge >= 0.3 is 0 Å². The lowest BCUT2D eigenvalue weighted by molar-refractivity contribution is -0.117. The molecule has 1 amide bonds. The van der Waals surface area contributed by atoms with Gasteiger partial charge in [-0.3, -0.25) is 9.69 Å². The summed E-state index contributed by atoms with van der Waals surface area (Å²) in [6.07, 6.45) is 0.663. The molecule has 0 aromatic heterocycles. The topological polar surface area (TPSA) is 78.6 Å². The van der Waals surface area contributed by atoms with Crippen LogP contribution in [0.5, 0.6) is 0 Å². The van der Waals surface area contributed by atoms with Gasteiger partial charge in [0.05, 0.1) is 17.9 Å². The molecule has 0 aliphatic rings. The summed E-state index contributed by atoms with van der Waals surface area (Å²) in [5.41, 5.74) is 8.01. The number of nitrogens with one attached hydrogen (secondary N) is 1. The van der Waals surface area contributed by atoms with Gasteiger partial charge in [0.2, 0.25) is 5.91 Å². The molecular weight excluding hydrogens is 230 g/mol. The van der Waals surface area contributed by atoms with Crippen molar-refractivity contribution >= 4 is 17.3 Å². The Morgan fingerprint density at radius 2 is 2.22 bits per heavy atom. The molecule has 0 bridgehead atoms. The number of para-hydroxylation sites is 1. The van der Waals surface area contributed by atoms with Crippen molar-refractivity contribution in [3.05, 3.63) is 23.8 Å². The van der Waals surface area contributed by atoms with Gasteiger partial charge in [-0.05, 0) is 32.0 Å². The maximum atomic E-state index is 11.8. The zero-order chi connectivity index (χ0) is 13.5. The van der Waals surface area contributed by atoms with Gasteiger partial charge in [-0.15, -0.1) is 0 Å². The Labute approximate surface area is 108 Å². The number of nitrogens with two attached hydrogens (primary N) is 1. The number of anilines is 2. The summed E-state index contributed by atoms with van der Waals surface area (Å²) in [6.45, 7) is 3.01. The number of aliphatic hydroxyl groups excluding tert-OH is 1. The number of nitrogen functional groups attached to an aromatic ring is 1. The molecular formula is C13H21N3O2.